The normalized spacial score (nSPS) is 10.7. The Labute approximate surface area is 177 Å². The zero-order chi connectivity index (χ0) is 20.4. The van der Waals surface area contributed by atoms with E-state index in [2.05, 4.69) is 15.4 Å². The van der Waals surface area contributed by atoms with Crippen LogP contribution >= 0.6 is 23.2 Å². The Morgan fingerprint density at radius 3 is 2.41 bits per heavy atom. The van der Waals surface area contributed by atoms with Crippen molar-refractivity contribution in [2.45, 2.75) is 6.92 Å². The van der Waals surface area contributed by atoms with E-state index >= 15 is 0 Å². The van der Waals surface area contributed by atoms with Gasteiger partial charge in [0.2, 0.25) is 5.82 Å². The number of aromatic nitrogens is 3. The van der Waals surface area contributed by atoms with Crippen molar-refractivity contribution in [1.82, 2.24) is 14.8 Å². The Morgan fingerprint density at radius 2 is 1.69 bits per heavy atom. The predicted molar refractivity (Wildman–Crippen MR) is 116 cm³/mol. The average Bonchev–Trinajstić information content (AvgIpc) is 3.14. The number of hydrogen-bond acceptors (Lipinski definition) is 3. The Kier molecular flexibility index (Phi) is 5.34. The van der Waals surface area contributed by atoms with E-state index in [0.717, 1.165) is 16.8 Å². The molecule has 29 heavy (non-hydrogen) atoms. The van der Waals surface area contributed by atoms with Crippen LogP contribution in [0, 0.1) is 6.92 Å². The maximum Gasteiger partial charge on any atom is 0.295 e. The number of nitrogens with one attached hydrogen (secondary N) is 1. The van der Waals surface area contributed by atoms with Crippen LogP contribution in [0.5, 0.6) is 0 Å². The molecular formula is C22H16Cl2N4O. The predicted octanol–water partition coefficient (Wildman–Crippen LogP) is 5.80. The van der Waals surface area contributed by atoms with Crippen molar-refractivity contribution in [3.63, 3.8) is 0 Å². The number of anilines is 1. The molecule has 0 fully saturated rings. The summed E-state index contributed by atoms with van der Waals surface area (Å²) in [5.41, 5.74) is 3.26. The Balaban J connectivity index is 1.76. The number of hydrogen-bond donors (Lipinski definition) is 1. The Morgan fingerprint density at radius 1 is 0.931 bits per heavy atom. The van der Waals surface area contributed by atoms with Crippen molar-refractivity contribution >= 4 is 34.8 Å². The molecule has 0 atom stereocenters. The molecule has 0 unspecified atom stereocenters. The highest BCUT2D eigenvalue weighted by atomic mass is 35.5. The standard InChI is InChI=1S/C22H16Cl2N4O/c1-14-4-2-5-15(12-14)21-26-20(22(29)25-18-7-3-6-17(24)13-18)27-28(21)19-10-8-16(23)9-11-19/h2-13H,1H3,(H,25,29). The van der Waals surface area contributed by atoms with Gasteiger partial charge in [0.05, 0.1) is 5.69 Å². The number of rotatable bonds is 4. The van der Waals surface area contributed by atoms with Crippen LogP contribution in [0.2, 0.25) is 10.0 Å². The van der Waals surface area contributed by atoms with Crippen LogP contribution in [0.4, 0.5) is 5.69 Å². The molecule has 4 aromatic rings. The highest BCUT2D eigenvalue weighted by molar-refractivity contribution is 6.31. The lowest BCUT2D eigenvalue weighted by molar-refractivity contribution is 0.101. The van der Waals surface area contributed by atoms with Crippen molar-refractivity contribution in [3.8, 4) is 17.1 Å². The van der Waals surface area contributed by atoms with Crippen molar-refractivity contribution in [2.75, 3.05) is 5.32 Å². The minimum atomic E-state index is -0.422. The monoisotopic (exact) mass is 422 g/mol. The van der Waals surface area contributed by atoms with E-state index in [4.69, 9.17) is 23.2 Å². The molecule has 0 aliphatic rings. The zero-order valence-electron chi connectivity index (χ0n) is 15.4. The summed E-state index contributed by atoms with van der Waals surface area (Å²) in [5, 5.41) is 8.38. The summed E-state index contributed by atoms with van der Waals surface area (Å²) in [6.07, 6.45) is 0. The third-order valence-corrected chi connectivity index (χ3v) is 4.73. The van der Waals surface area contributed by atoms with Crippen LogP contribution in [0.3, 0.4) is 0 Å². The summed E-state index contributed by atoms with van der Waals surface area (Å²) >= 11 is 12.0. The SMILES string of the molecule is Cc1cccc(-c2nc(C(=O)Nc3cccc(Cl)c3)nn2-c2ccc(Cl)cc2)c1. The van der Waals surface area contributed by atoms with E-state index in [-0.39, 0.29) is 5.82 Å². The summed E-state index contributed by atoms with van der Waals surface area (Å²) < 4.78 is 1.64. The second-order valence-corrected chi connectivity index (χ2v) is 7.35. The van der Waals surface area contributed by atoms with E-state index in [1.807, 2.05) is 43.3 Å². The van der Waals surface area contributed by atoms with Gasteiger partial charge in [-0.15, -0.1) is 5.10 Å². The van der Waals surface area contributed by atoms with Crippen molar-refractivity contribution < 1.29 is 4.79 Å². The molecule has 0 aliphatic heterocycles. The Bertz CT molecular complexity index is 1190. The summed E-state index contributed by atoms with van der Waals surface area (Å²) in [5.74, 6) is 0.192. The summed E-state index contributed by atoms with van der Waals surface area (Å²) in [4.78, 5) is 17.3. The molecule has 4 rings (SSSR count). The van der Waals surface area contributed by atoms with E-state index in [9.17, 15) is 4.79 Å². The van der Waals surface area contributed by atoms with Gasteiger partial charge in [0, 0.05) is 21.3 Å². The first-order valence-corrected chi connectivity index (χ1v) is 9.62. The van der Waals surface area contributed by atoms with Crippen LogP contribution in [0.1, 0.15) is 16.2 Å². The molecule has 1 heterocycles. The third kappa shape index (κ3) is 4.31. The molecule has 0 aliphatic carbocycles. The summed E-state index contributed by atoms with van der Waals surface area (Å²) in [6.45, 7) is 2.00. The number of carbonyl (C=O) groups excluding carboxylic acids is 1. The molecule has 0 radical (unpaired) electrons. The van der Waals surface area contributed by atoms with Gasteiger partial charge in [0.25, 0.3) is 5.91 Å². The van der Waals surface area contributed by atoms with Gasteiger partial charge in [-0.1, -0.05) is 53.0 Å². The van der Waals surface area contributed by atoms with Gasteiger partial charge in [0.1, 0.15) is 0 Å². The van der Waals surface area contributed by atoms with Gasteiger partial charge in [0.15, 0.2) is 5.82 Å². The fourth-order valence-electron chi connectivity index (χ4n) is 2.89. The van der Waals surface area contributed by atoms with E-state index in [0.29, 0.717) is 21.6 Å². The van der Waals surface area contributed by atoms with Crippen LogP contribution in [0.25, 0.3) is 17.1 Å². The molecule has 1 amide bonds. The maximum absolute atomic E-state index is 12.8. The number of benzene rings is 3. The lowest BCUT2D eigenvalue weighted by Crippen LogP contribution is -2.14. The van der Waals surface area contributed by atoms with Gasteiger partial charge in [-0.3, -0.25) is 4.79 Å². The molecule has 0 bridgehead atoms. The summed E-state index contributed by atoms with van der Waals surface area (Å²) in [6, 6.07) is 22.0. The first kappa shape index (κ1) is 19.2. The second-order valence-electron chi connectivity index (χ2n) is 6.48. The van der Waals surface area contributed by atoms with E-state index < -0.39 is 5.91 Å². The molecule has 0 saturated carbocycles. The van der Waals surface area contributed by atoms with Gasteiger partial charge in [-0.05, 0) is 55.5 Å². The molecule has 7 heteroatoms. The van der Waals surface area contributed by atoms with Crippen LogP contribution in [0.15, 0.2) is 72.8 Å². The van der Waals surface area contributed by atoms with Gasteiger partial charge in [-0.25, -0.2) is 9.67 Å². The van der Waals surface area contributed by atoms with Crippen LogP contribution in [-0.2, 0) is 0 Å². The van der Waals surface area contributed by atoms with Gasteiger partial charge >= 0.3 is 0 Å². The number of carbonyl (C=O) groups is 1. The third-order valence-electron chi connectivity index (χ3n) is 4.24. The zero-order valence-corrected chi connectivity index (χ0v) is 16.9. The minimum Gasteiger partial charge on any atom is -0.319 e. The molecule has 0 saturated heterocycles. The number of halogens is 2. The number of aryl methyl sites for hydroxylation is 1. The lowest BCUT2D eigenvalue weighted by Gasteiger charge is -2.06. The summed E-state index contributed by atoms with van der Waals surface area (Å²) in [7, 11) is 0. The smallest absolute Gasteiger partial charge is 0.295 e. The second kappa shape index (κ2) is 8.07. The molecule has 1 N–H and O–H groups in total. The molecule has 5 nitrogen and oxygen atoms in total. The van der Waals surface area contributed by atoms with Gasteiger partial charge < -0.3 is 5.32 Å². The quantitative estimate of drug-likeness (QED) is 0.451. The fraction of sp³-hybridized carbons (Fsp3) is 0.0455. The molecule has 3 aromatic carbocycles. The maximum atomic E-state index is 12.8. The van der Waals surface area contributed by atoms with E-state index in [1.165, 1.54) is 0 Å². The first-order chi connectivity index (χ1) is 14.0. The van der Waals surface area contributed by atoms with Crippen molar-refractivity contribution in [1.29, 1.82) is 0 Å². The van der Waals surface area contributed by atoms with Crippen LogP contribution < -0.4 is 5.32 Å². The first-order valence-electron chi connectivity index (χ1n) is 8.86. The molecule has 0 spiro atoms. The van der Waals surface area contributed by atoms with Gasteiger partial charge in [-0.2, -0.15) is 0 Å². The molecule has 144 valence electrons. The lowest BCUT2D eigenvalue weighted by atomic mass is 10.1. The van der Waals surface area contributed by atoms with Crippen LogP contribution in [-0.4, -0.2) is 20.7 Å². The number of nitrogens with zero attached hydrogens (tertiary/aromatic N) is 3. The minimum absolute atomic E-state index is 0.0523. The van der Waals surface area contributed by atoms with E-state index in [1.54, 1.807) is 41.1 Å². The molecular weight excluding hydrogens is 407 g/mol. The Hall–Kier alpha value is -3.15. The number of amides is 1. The fourth-order valence-corrected chi connectivity index (χ4v) is 3.21. The highest BCUT2D eigenvalue weighted by Gasteiger charge is 2.19. The van der Waals surface area contributed by atoms with Crippen molar-refractivity contribution in [3.05, 3.63) is 94.2 Å². The largest absolute Gasteiger partial charge is 0.319 e. The van der Waals surface area contributed by atoms with Crippen molar-refractivity contribution in [2.24, 2.45) is 0 Å². The molecule has 1 aromatic heterocycles. The topological polar surface area (TPSA) is 59.8 Å². The average molecular weight is 423 g/mol. The highest BCUT2D eigenvalue weighted by Crippen LogP contribution is 2.24.